The molecule has 1 aliphatic heterocycles. The average molecular weight is 375 g/mol. The fraction of sp³-hybridized carbons (Fsp3) is 0.500. The minimum absolute atomic E-state index is 0.131. The molecular weight excluding hydrogens is 354 g/mol. The molecule has 1 heterocycles. The molecule has 1 aromatic carbocycles. The van der Waals surface area contributed by atoms with Crippen LogP contribution in [0.1, 0.15) is 32.3 Å². The highest BCUT2D eigenvalue weighted by Crippen LogP contribution is 2.56. The zero-order valence-corrected chi connectivity index (χ0v) is 15.2. The summed E-state index contributed by atoms with van der Waals surface area (Å²) in [6, 6.07) is 6.08. The van der Waals surface area contributed by atoms with Crippen LogP contribution in [0.3, 0.4) is 0 Å². The average Bonchev–Trinajstić information content (AvgIpc) is 2.60. The predicted octanol–water partition coefficient (Wildman–Crippen LogP) is 1.99. The molecule has 0 spiro atoms. The van der Waals surface area contributed by atoms with E-state index in [1.807, 2.05) is 6.07 Å². The van der Waals surface area contributed by atoms with Crippen molar-refractivity contribution in [3.05, 3.63) is 39.9 Å². The summed E-state index contributed by atoms with van der Waals surface area (Å²) in [5, 5.41) is 43.5. The highest BCUT2D eigenvalue weighted by Gasteiger charge is 2.64. The molecule has 144 valence electrons. The second-order valence-electron chi connectivity index (χ2n) is 7.32. The highest BCUT2D eigenvalue weighted by atomic mass is 16.6. The number of nitro groups is 1. The fourth-order valence-corrected chi connectivity index (χ4v) is 4.16. The van der Waals surface area contributed by atoms with Gasteiger partial charge in [0.15, 0.2) is 0 Å². The van der Waals surface area contributed by atoms with Gasteiger partial charge in [0, 0.05) is 24.6 Å². The van der Waals surface area contributed by atoms with Gasteiger partial charge in [0.1, 0.15) is 11.5 Å². The van der Waals surface area contributed by atoms with E-state index in [9.17, 15) is 35.2 Å². The zero-order valence-electron chi connectivity index (χ0n) is 15.2. The number of benzene rings is 1. The van der Waals surface area contributed by atoms with Crippen molar-refractivity contribution >= 4 is 17.6 Å². The number of nitrogens with one attached hydrogen (secondary N) is 1. The summed E-state index contributed by atoms with van der Waals surface area (Å²) in [5.41, 5.74) is -3.44. The summed E-state index contributed by atoms with van der Waals surface area (Å²) >= 11 is 0. The molecule has 1 saturated heterocycles. The van der Waals surface area contributed by atoms with Gasteiger partial charge in [-0.25, -0.2) is 0 Å². The summed E-state index contributed by atoms with van der Waals surface area (Å²) < 4.78 is 0. The number of carbonyl (C=O) groups is 2. The van der Waals surface area contributed by atoms with E-state index in [1.165, 1.54) is 31.2 Å². The van der Waals surface area contributed by atoms with Crippen LogP contribution in [0.25, 0.3) is 0 Å². The molecule has 0 saturated carbocycles. The van der Waals surface area contributed by atoms with Crippen LogP contribution in [0.4, 0.5) is 5.69 Å². The maximum atomic E-state index is 12.4. The van der Waals surface area contributed by atoms with Crippen LogP contribution in [0.2, 0.25) is 0 Å². The lowest BCUT2D eigenvalue weighted by Crippen LogP contribution is -2.67. The first-order chi connectivity index (χ1) is 12.5. The number of nitriles is 1. The summed E-state index contributed by atoms with van der Waals surface area (Å²) in [7, 11) is 0. The van der Waals surface area contributed by atoms with Gasteiger partial charge in [-0.15, -0.1) is 0 Å². The Bertz CT molecular complexity index is 833. The van der Waals surface area contributed by atoms with Crippen molar-refractivity contribution in [1.29, 1.82) is 5.26 Å². The lowest BCUT2D eigenvalue weighted by atomic mass is 9.51. The Hall–Kier alpha value is -2.99. The van der Waals surface area contributed by atoms with Crippen molar-refractivity contribution in [2.75, 3.05) is 6.54 Å². The van der Waals surface area contributed by atoms with Crippen LogP contribution in [-0.4, -0.2) is 39.7 Å². The van der Waals surface area contributed by atoms with Crippen molar-refractivity contribution in [2.45, 2.75) is 32.7 Å². The van der Waals surface area contributed by atoms with Crippen LogP contribution < -0.4 is 5.32 Å². The molecule has 1 aliphatic rings. The van der Waals surface area contributed by atoms with Gasteiger partial charge in [0.25, 0.3) is 5.69 Å². The van der Waals surface area contributed by atoms with Crippen LogP contribution in [0.5, 0.6) is 0 Å². The minimum atomic E-state index is -1.81. The number of rotatable bonds is 5. The van der Waals surface area contributed by atoms with Crippen LogP contribution in [0.15, 0.2) is 24.3 Å². The van der Waals surface area contributed by atoms with Gasteiger partial charge < -0.3 is 10.2 Å². The molecule has 9 heteroatoms. The number of hydrogen-bond acceptors (Lipinski definition) is 6. The van der Waals surface area contributed by atoms with E-state index in [0.717, 1.165) is 0 Å². The molecule has 27 heavy (non-hydrogen) atoms. The molecule has 1 fully saturated rings. The molecule has 1 aromatic rings. The Morgan fingerprint density at radius 2 is 2.00 bits per heavy atom. The van der Waals surface area contributed by atoms with E-state index in [0.29, 0.717) is 0 Å². The van der Waals surface area contributed by atoms with Gasteiger partial charge in [0.2, 0.25) is 0 Å². The van der Waals surface area contributed by atoms with E-state index < -0.39 is 45.6 Å². The van der Waals surface area contributed by atoms with Crippen molar-refractivity contribution in [3.8, 4) is 6.07 Å². The quantitative estimate of drug-likeness (QED) is 0.521. The van der Waals surface area contributed by atoms with Gasteiger partial charge in [-0.2, -0.15) is 5.26 Å². The second-order valence-corrected chi connectivity index (χ2v) is 7.32. The van der Waals surface area contributed by atoms with Crippen LogP contribution >= 0.6 is 0 Å². The monoisotopic (exact) mass is 375 g/mol. The molecule has 4 unspecified atom stereocenters. The number of carboxylic acid groups (broad SMARTS) is 2. The molecule has 0 aliphatic carbocycles. The smallest absolute Gasteiger partial charge is 0.312 e. The largest absolute Gasteiger partial charge is 0.481 e. The van der Waals surface area contributed by atoms with Crippen molar-refractivity contribution in [2.24, 2.45) is 16.7 Å². The molecule has 0 aromatic heterocycles. The third-order valence-corrected chi connectivity index (χ3v) is 5.75. The standard InChI is InChI=1S/C18H21N3O6/c1-10(2)18(16(24)25)9-20-13(8-19)17(3,15(22)23)14(18)11-5-4-6-12(7-11)21(26)27/h4-7,10,13-14,20H,9H2,1-3H3,(H,22,23)(H,24,25). The predicted molar refractivity (Wildman–Crippen MR) is 93.9 cm³/mol. The maximum absolute atomic E-state index is 12.4. The minimum Gasteiger partial charge on any atom is -0.481 e. The van der Waals surface area contributed by atoms with Crippen LogP contribution in [-0.2, 0) is 9.59 Å². The number of piperidine rings is 1. The molecular formula is C18H21N3O6. The Morgan fingerprint density at radius 1 is 1.37 bits per heavy atom. The molecule has 0 bridgehead atoms. The van der Waals surface area contributed by atoms with Crippen molar-refractivity contribution < 1.29 is 24.7 Å². The van der Waals surface area contributed by atoms with Crippen molar-refractivity contribution in [3.63, 3.8) is 0 Å². The molecule has 3 N–H and O–H groups in total. The van der Waals surface area contributed by atoms with Gasteiger partial charge >= 0.3 is 11.9 Å². The van der Waals surface area contributed by atoms with E-state index in [-0.39, 0.29) is 17.8 Å². The second kappa shape index (κ2) is 6.96. The van der Waals surface area contributed by atoms with E-state index in [1.54, 1.807) is 13.8 Å². The SMILES string of the molecule is CC(C)C1(C(=O)O)CNC(C#N)C(C)(C(=O)O)C1c1cccc([N+](=O)[O-])c1. The van der Waals surface area contributed by atoms with Gasteiger partial charge in [-0.1, -0.05) is 26.0 Å². The van der Waals surface area contributed by atoms with E-state index >= 15 is 0 Å². The zero-order chi connectivity index (χ0) is 20.6. The highest BCUT2D eigenvalue weighted by molar-refractivity contribution is 5.84. The number of aliphatic carboxylic acids is 2. The molecule has 4 atom stereocenters. The first kappa shape index (κ1) is 20.3. The van der Waals surface area contributed by atoms with Gasteiger partial charge in [-0.3, -0.25) is 25.0 Å². The fourth-order valence-electron chi connectivity index (χ4n) is 4.16. The summed E-state index contributed by atoms with van der Waals surface area (Å²) in [4.78, 5) is 35.2. The Balaban J connectivity index is 2.88. The summed E-state index contributed by atoms with van der Waals surface area (Å²) in [6.45, 7) is 4.51. The van der Waals surface area contributed by atoms with Crippen molar-refractivity contribution in [1.82, 2.24) is 5.32 Å². The molecule has 2 rings (SSSR count). The molecule has 0 amide bonds. The van der Waals surface area contributed by atoms with E-state index in [4.69, 9.17) is 0 Å². The molecule has 9 nitrogen and oxygen atoms in total. The number of non-ortho nitro benzene ring substituents is 1. The third-order valence-electron chi connectivity index (χ3n) is 5.75. The molecule has 0 radical (unpaired) electrons. The lowest BCUT2D eigenvalue weighted by Gasteiger charge is -2.53. The third kappa shape index (κ3) is 2.92. The Morgan fingerprint density at radius 3 is 2.44 bits per heavy atom. The van der Waals surface area contributed by atoms with Gasteiger partial charge in [0.05, 0.1) is 16.4 Å². The number of hydrogen-bond donors (Lipinski definition) is 3. The number of nitro benzene ring substituents is 1. The Kier molecular flexibility index (Phi) is 5.24. The normalized spacial score (nSPS) is 30.5. The Labute approximate surface area is 155 Å². The summed E-state index contributed by atoms with van der Waals surface area (Å²) in [6.07, 6.45) is 0. The summed E-state index contributed by atoms with van der Waals surface area (Å²) in [5.74, 6) is -4.23. The number of carboxylic acids is 2. The maximum Gasteiger partial charge on any atom is 0.312 e. The number of nitrogens with zero attached hydrogens (tertiary/aromatic N) is 2. The van der Waals surface area contributed by atoms with Gasteiger partial charge in [-0.05, 0) is 18.4 Å². The lowest BCUT2D eigenvalue weighted by molar-refractivity contribution is -0.385. The van der Waals surface area contributed by atoms with Crippen LogP contribution in [0, 0.1) is 38.2 Å². The first-order valence-electron chi connectivity index (χ1n) is 8.37. The topological polar surface area (TPSA) is 154 Å². The van der Waals surface area contributed by atoms with E-state index in [2.05, 4.69) is 5.32 Å². The first-order valence-corrected chi connectivity index (χ1v) is 8.37.